The zero-order valence-corrected chi connectivity index (χ0v) is 22.1. The van der Waals surface area contributed by atoms with Crippen molar-refractivity contribution < 1.29 is 0 Å². The number of rotatable bonds is 4. The molecule has 0 amide bonds. The van der Waals surface area contributed by atoms with Crippen molar-refractivity contribution in [1.29, 1.82) is 0 Å². The second-order valence-electron chi connectivity index (χ2n) is 11.1. The van der Waals surface area contributed by atoms with Crippen molar-refractivity contribution in [3.8, 4) is 11.4 Å². The van der Waals surface area contributed by atoms with Crippen molar-refractivity contribution in [2.75, 3.05) is 31.1 Å². The summed E-state index contributed by atoms with van der Waals surface area (Å²) in [5.41, 5.74) is 9.12. The molecule has 0 bridgehead atoms. The summed E-state index contributed by atoms with van der Waals surface area (Å²) in [6, 6.07) is 22.0. The van der Waals surface area contributed by atoms with Gasteiger partial charge in [-0.1, -0.05) is 57.2 Å². The maximum atomic E-state index is 5.06. The number of hydrogen-bond donors (Lipinski definition) is 1. The van der Waals surface area contributed by atoms with E-state index in [2.05, 4.69) is 113 Å². The number of aromatic amines is 1. The first kappa shape index (κ1) is 23.6. The van der Waals surface area contributed by atoms with Crippen molar-refractivity contribution in [3.05, 3.63) is 84.2 Å². The number of nitrogens with one attached hydrogen (secondary N) is 1. The average molecular weight is 491 g/mol. The first-order chi connectivity index (χ1) is 17.9. The van der Waals surface area contributed by atoms with Gasteiger partial charge in [0.25, 0.3) is 0 Å². The lowest BCUT2D eigenvalue weighted by molar-refractivity contribution is 0.199. The molecule has 6 heteroatoms. The number of aromatic nitrogens is 4. The number of piperazine rings is 1. The Hall–Kier alpha value is -3.77. The van der Waals surface area contributed by atoms with Gasteiger partial charge in [-0.3, -0.25) is 14.9 Å². The molecule has 1 atom stereocenters. The predicted octanol–water partition coefficient (Wildman–Crippen LogP) is 6.35. The van der Waals surface area contributed by atoms with Crippen molar-refractivity contribution in [2.24, 2.45) is 0 Å². The first-order valence-electron chi connectivity index (χ1n) is 13.2. The van der Waals surface area contributed by atoms with Crippen LogP contribution in [0.2, 0.25) is 0 Å². The third-order valence-corrected chi connectivity index (χ3v) is 7.69. The van der Waals surface area contributed by atoms with E-state index in [1.807, 2.05) is 0 Å². The number of H-pyrrole nitrogens is 1. The fourth-order valence-corrected chi connectivity index (χ4v) is 5.34. The first-order valence-corrected chi connectivity index (χ1v) is 13.2. The standard InChI is InChI=1S/C31H34N6/c1-21(23-10-13-25-27(20-23)33-15-14-32-25)36-16-18-37(19-17-36)28-7-5-6-26-29(28)35-30(34-26)22-8-11-24(12-9-22)31(2,3)4/h5-15,20-21H,16-19H2,1-4H3,(H,34,35)/t21-/m1/s1. The van der Waals surface area contributed by atoms with Crippen molar-refractivity contribution in [2.45, 2.75) is 39.2 Å². The van der Waals surface area contributed by atoms with Crippen LogP contribution in [0.3, 0.4) is 0 Å². The van der Waals surface area contributed by atoms with Crippen LogP contribution in [0.5, 0.6) is 0 Å². The number of anilines is 1. The molecule has 3 aromatic carbocycles. The summed E-state index contributed by atoms with van der Waals surface area (Å²) < 4.78 is 0. The molecule has 1 saturated heterocycles. The number of para-hydroxylation sites is 1. The molecule has 2 aromatic heterocycles. The zero-order chi connectivity index (χ0) is 25.6. The third kappa shape index (κ3) is 4.58. The van der Waals surface area contributed by atoms with E-state index in [1.165, 1.54) is 16.8 Å². The molecule has 0 unspecified atom stereocenters. The minimum atomic E-state index is 0.140. The quantitative estimate of drug-likeness (QED) is 0.318. The molecule has 1 N–H and O–H groups in total. The molecule has 1 fully saturated rings. The minimum Gasteiger partial charge on any atom is -0.367 e. The lowest BCUT2D eigenvalue weighted by Crippen LogP contribution is -2.47. The minimum absolute atomic E-state index is 0.140. The number of hydrogen-bond acceptors (Lipinski definition) is 5. The smallest absolute Gasteiger partial charge is 0.138 e. The topological polar surface area (TPSA) is 60.9 Å². The maximum absolute atomic E-state index is 5.06. The summed E-state index contributed by atoms with van der Waals surface area (Å²) in [5.74, 6) is 0.926. The van der Waals surface area contributed by atoms with E-state index in [-0.39, 0.29) is 5.41 Å². The van der Waals surface area contributed by atoms with Gasteiger partial charge in [0, 0.05) is 50.2 Å². The highest BCUT2D eigenvalue weighted by atomic mass is 15.3. The van der Waals surface area contributed by atoms with E-state index in [0.717, 1.165) is 59.6 Å². The van der Waals surface area contributed by atoms with Gasteiger partial charge in [0.05, 0.1) is 22.2 Å². The number of fused-ring (bicyclic) bond motifs is 2. The highest BCUT2D eigenvalue weighted by molar-refractivity contribution is 5.91. The summed E-state index contributed by atoms with van der Waals surface area (Å²) >= 11 is 0. The van der Waals surface area contributed by atoms with E-state index in [0.29, 0.717) is 6.04 Å². The van der Waals surface area contributed by atoms with Crippen LogP contribution in [0.1, 0.15) is 44.9 Å². The largest absolute Gasteiger partial charge is 0.367 e. The van der Waals surface area contributed by atoms with Crippen molar-refractivity contribution >= 4 is 27.8 Å². The van der Waals surface area contributed by atoms with Crippen LogP contribution in [0, 0.1) is 0 Å². The molecule has 3 heterocycles. The Morgan fingerprint density at radius 2 is 1.57 bits per heavy atom. The van der Waals surface area contributed by atoms with Gasteiger partial charge < -0.3 is 9.88 Å². The number of benzene rings is 3. The molecule has 1 aliphatic rings. The van der Waals surface area contributed by atoms with Crippen LogP contribution in [0.25, 0.3) is 33.5 Å². The number of imidazole rings is 1. The molecular weight excluding hydrogens is 456 g/mol. The monoisotopic (exact) mass is 490 g/mol. The van der Waals surface area contributed by atoms with E-state index in [1.54, 1.807) is 12.4 Å². The van der Waals surface area contributed by atoms with Gasteiger partial charge in [-0.05, 0) is 47.7 Å². The Bertz CT molecular complexity index is 1540. The lowest BCUT2D eigenvalue weighted by atomic mass is 9.87. The Morgan fingerprint density at radius 3 is 2.30 bits per heavy atom. The van der Waals surface area contributed by atoms with E-state index in [9.17, 15) is 0 Å². The molecule has 6 nitrogen and oxygen atoms in total. The summed E-state index contributed by atoms with van der Waals surface area (Å²) in [5, 5.41) is 0. The Kier molecular flexibility index (Phi) is 5.92. The van der Waals surface area contributed by atoms with Crippen molar-refractivity contribution in [1.82, 2.24) is 24.8 Å². The molecule has 0 radical (unpaired) electrons. The van der Waals surface area contributed by atoms with E-state index in [4.69, 9.17) is 4.98 Å². The van der Waals surface area contributed by atoms with E-state index < -0.39 is 0 Å². The molecule has 5 aromatic rings. The van der Waals surface area contributed by atoms with Crippen LogP contribution >= 0.6 is 0 Å². The molecule has 6 rings (SSSR count). The van der Waals surface area contributed by atoms with E-state index >= 15 is 0 Å². The lowest BCUT2D eigenvalue weighted by Gasteiger charge is -2.39. The SMILES string of the molecule is C[C@H](c1ccc2nccnc2c1)N1CCN(c2cccc3[nH]c(-c4ccc(C(C)(C)C)cc4)nc23)CC1. The molecule has 0 spiro atoms. The van der Waals surface area contributed by atoms with Crippen LogP contribution in [0.15, 0.2) is 73.1 Å². The van der Waals surface area contributed by atoms with Crippen LogP contribution in [-0.2, 0) is 5.41 Å². The Morgan fingerprint density at radius 1 is 0.838 bits per heavy atom. The number of nitrogens with zero attached hydrogens (tertiary/aromatic N) is 5. The highest BCUT2D eigenvalue weighted by Gasteiger charge is 2.24. The van der Waals surface area contributed by atoms with Gasteiger partial charge in [0.1, 0.15) is 11.3 Å². The Labute approximate surface area is 218 Å². The fourth-order valence-electron chi connectivity index (χ4n) is 5.34. The van der Waals surface area contributed by atoms with Gasteiger partial charge >= 0.3 is 0 Å². The van der Waals surface area contributed by atoms with Gasteiger partial charge in [-0.25, -0.2) is 4.98 Å². The second kappa shape index (κ2) is 9.27. The highest BCUT2D eigenvalue weighted by Crippen LogP contribution is 2.32. The van der Waals surface area contributed by atoms with Gasteiger partial charge in [-0.15, -0.1) is 0 Å². The normalized spacial score (nSPS) is 15.9. The van der Waals surface area contributed by atoms with Gasteiger partial charge in [-0.2, -0.15) is 0 Å². The summed E-state index contributed by atoms with van der Waals surface area (Å²) in [6.45, 7) is 13.0. The van der Waals surface area contributed by atoms with Crippen LogP contribution < -0.4 is 4.90 Å². The Balaban J connectivity index is 1.19. The zero-order valence-electron chi connectivity index (χ0n) is 22.1. The molecule has 37 heavy (non-hydrogen) atoms. The average Bonchev–Trinajstić information content (AvgIpc) is 3.37. The molecule has 188 valence electrons. The summed E-state index contributed by atoms with van der Waals surface area (Å²) in [4.78, 5) is 22.5. The molecule has 1 aliphatic heterocycles. The molecular formula is C31H34N6. The fraction of sp³-hybridized carbons (Fsp3) is 0.323. The summed E-state index contributed by atoms with van der Waals surface area (Å²) in [7, 11) is 0. The van der Waals surface area contributed by atoms with Gasteiger partial charge in [0.15, 0.2) is 0 Å². The van der Waals surface area contributed by atoms with Crippen molar-refractivity contribution in [3.63, 3.8) is 0 Å². The predicted molar refractivity (Wildman–Crippen MR) is 152 cm³/mol. The van der Waals surface area contributed by atoms with Gasteiger partial charge in [0.2, 0.25) is 0 Å². The summed E-state index contributed by atoms with van der Waals surface area (Å²) in [6.07, 6.45) is 3.51. The third-order valence-electron chi connectivity index (χ3n) is 7.69. The van der Waals surface area contributed by atoms with Crippen LogP contribution in [-0.4, -0.2) is 51.0 Å². The van der Waals surface area contributed by atoms with Crippen LogP contribution in [0.4, 0.5) is 5.69 Å². The second-order valence-corrected chi connectivity index (χ2v) is 11.1. The molecule has 0 aliphatic carbocycles. The molecule has 0 saturated carbocycles. The maximum Gasteiger partial charge on any atom is 0.138 e.